The predicted octanol–water partition coefficient (Wildman–Crippen LogP) is 5.44. The van der Waals surface area contributed by atoms with E-state index < -0.39 is 5.92 Å². The number of carbonyl (C=O) groups is 2. The fourth-order valence-electron chi connectivity index (χ4n) is 3.46. The highest BCUT2D eigenvalue weighted by atomic mass is 35.5. The van der Waals surface area contributed by atoms with Crippen LogP contribution in [0, 0.1) is 6.92 Å². The molecule has 0 bridgehead atoms. The minimum absolute atomic E-state index is 0.0670. The maximum Gasteiger partial charge on any atom is 0.313 e. The number of halogens is 1. The molecule has 0 spiro atoms. The standard InChI is InChI=1S/C23H24ClNO4/c1-5-13(2)29-23(28)14(3)21-15(4)25(20-11-10-18(26)12-19(20)21)22(27)16-6-8-17(24)9-7-16/h6-14,26H,5H2,1-4H3/t13?,14-/m1/s1. The van der Waals surface area contributed by atoms with E-state index in [1.54, 1.807) is 54.8 Å². The molecule has 1 aromatic heterocycles. The van der Waals surface area contributed by atoms with Crippen LogP contribution >= 0.6 is 11.6 Å². The second-order valence-electron chi connectivity index (χ2n) is 7.23. The number of esters is 1. The van der Waals surface area contributed by atoms with Gasteiger partial charge >= 0.3 is 5.97 Å². The maximum atomic E-state index is 13.2. The van der Waals surface area contributed by atoms with Crippen molar-refractivity contribution >= 4 is 34.4 Å². The molecule has 1 unspecified atom stereocenters. The number of nitrogens with zero attached hydrogens (tertiary/aromatic N) is 1. The van der Waals surface area contributed by atoms with Crippen LogP contribution in [0.2, 0.25) is 5.02 Å². The number of aromatic hydroxyl groups is 1. The molecule has 0 radical (unpaired) electrons. The Labute approximate surface area is 174 Å². The van der Waals surface area contributed by atoms with E-state index in [9.17, 15) is 14.7 Å². The first kappa shape index (κ1) is 20.9. The van der Waals surface area contributed by atoms with Gasteiger partial charge in [-0.1, -0.05) is 18.5 Å². The Kier molecular flexibility index (Phi) is 5.99. The van der Waals surface area contributed by atoms with Gasteiger partial charge in [0.25, 0.3) is 5.91 Å². The molecule has 5 nitrogen and oxygen atoms in total. The lowest BCUT2D eigenvalue weighted by molar-refractivity contribution is -0.149. The summed E-state index contributed by atoms with van der Waals surface area (Å²) in [6.45, 7) is 7.35. The molecule has 2 atom stereocenters. The Morgan fingerprint density at radius 2 is 1.79 bits per heavy atom. The van der Waals surface area contributed by atoms with Crippen molar-refractivity contribution in [2.45, 2.75) is 46.1 Å². The molecule has 0 amide bonds. The summed E-state index contributed by atoms with van der Waals surface area (Å²) in [6.07, 6.45) is 0.525. The van der Waals surface area contributed by atoms with Crippen molar-refractivity contribution in [1.29, 1.82) is 0 Å². The van der Waals surface area contributed by atoms with Gasteiger partial charge in [0.15, 0.2) is 0 Å². The number of hydrogen-bond acceptors (Lipinski definition) is 4. The molecule has 0 aliphatic rings. The van der Waals surface area contributed by atoms with Crippen molar-refractivity contribution in [3.63, 3.8) is 0 Å². The molecule has 0 saturated heterocycles. The van der Waals surface area contributed by atoms with Crippen LogP contribution in [0.3, 0.4) is 0 Å². The lowest BCUT2D eigenvalue weighted by Gasteiger charge is -2.16. The van der Waals surface area contributed by atoms with Crippen molar-refractivity contribution in [2.24, 2.45) is 0 Å². The molecule has 1 heterocycles. The number of phenolic OH excluding ortho intramolecular Hbond substituents is 1. The summed E-state index contributed by atoms with van der Waals surface area (Å²) in [5, 5.41) is 11.2. The Bertz CT molecular complexity index is 1070. The summed E-state index contributed by atoms with van der Waals surface area (Å²) in [5.74, 6) is -1.11. The van der Waals surface area contributed by atoms with E-state index in [0.717, 1.165) is 6.42 Å². The summed E-state index contributed by atoms with van der Waals surface area (Å²) in [6, 6.07) is 11.4. The van der Waals surface area contributed by atoms with E-state index in [2.05, 4.69) is 0 Å². The highest BCUT2D eigenvalue weighted by Crippen LogP contribution is 2.35. The second-order valence-corrected chi connectivity index (χ2v) is 7.66. The van der Waals surface area contributed by atoms with Crippen LogP contribution in [0.5, 0.6) is 5.75 Å². The molecule has 2 aromatic carbocycles. The Balaban J connectivity index is 2.15. The summed E-state index contributed by atoms with van der Waals surface area (Å²) in [5.41, 5.74) is 2.41. The van der Waals surface area contributed by atoms with Gasteiger partial charge < -0.3 is 9.84 Å². The van der Waals surface area contributed by atoms with Gasteiger partial charge in [-0.2, -0.15) is 0 Å². The normalized spacial score (nSPS) is 13.3. The first-order chi connectivity index (χ1) is 13.7. The molecular formula is C23H24ClNO4. The summed E-state index contributed by atoms with van der Waals surface area (Å²) in [4.78, 5) is 25.9. The van der Waals surface area contributed by atoms with E-state index in [1.165, 1.54) is 6.07 Å². The third-order valence-corrected chi connectivity index (χ3v) is 5.46. The molecule has 3 aromatic rings. The fraction of sp³-hybridized carbons (Fsp3) is 0.304. The van der Waals surface area contributed by atoms with E-state index in [-0.39, 0.29) is 23.7 Å². The van der Waals surface area contributed by atoms with E-state index in [4.69, 9.17) is 16.3 Å². The molecule has 152 valence electrons. The van der Waals surface area contributed by atoms with Gasteiger partial charge in [-0.05, 0) is 75.2 Å². The topological polar surface area (TPSA) is 68.5 Å². The van der Waals surface area contributed by atoms with Gasteiger partial charge in [0.2, 0.25) is 0 Å². The number of aromatic nitrogens is 1. The van der Waals surface area contributed by atoms with Gasteiger partial charge in [0, 0.05) is 21.7 Å². The van der Waals surface area contributed by atoms with Crippen LogP contribution in [0.4, 0.5) is 0 Å². The molecular weight excluding hydrogens is 390 g/mol. The lowest BCUT2D eigenvalue weighted by Crippen LogP contribution is -2.20. The minimum atomic E-state index is -0.590. The summed E-state index contributed by atoms with van der Waals surface area (Å²) < 4.78 is 7.08. The lowest BCUT2D eigenvalue weighted by atomic mass is 9.97. The molecule has 29 heavy (non-hydrogen) atoms. The van der Waals surface area contributed by atoms with Crippen molar-refractivity contribution in [2.75, 3.05) is 0 Å². The number of fused-ring (bicyclic) bond motifs is 1. The first-order valence-corrected chi connectivity index (χ1v) is 9.97. The van der Waals surface area contributed by atoms with E-state index >= 15 is 0 Å². The van der Waals surface area contributed by atoms with E-state index in [1.807, 2.05) is 13.8 Å². The van der Waals surface area contributed by atoms with Crippen LogP contribution in [0.25, 0.3) is 10.9 Å². The van der Waals surface area contributed by atoms with Crippen molar-refractivity contribution in [3.8, 4) is 5.75 Å². The van der Waals surface area contributed by atoms with Gasteiger partial charge in [-0.3, -0.25) is 14.2 Å². The fourth-order valence-corrected chi connectivity index (χ4v) is 3.59. The monoisotopic (exact) mass is 413 g/mol. The Morgan fingerprint density at radius 1 is 1.14 bits per heavy atom. The number of rotatable bonds is 5. The minimum Gasteiger partial charge on any atom is -0.508 e. The number of carbonyl (C=O) groups excluding carboxylic acids is 2. The third-order valence-electron chi connectivity index (χ3n) is 5.21. The van der Waals surface area contributed by atoms with Gasteiger partial charge in [-0.25, -0.2) is 0 Å². The molecule has 0 saturated carbocycles. The number of ether oxygens (including phenoxy) is 1. The quantitative estimate of drug-likeness (QED) is 0.565. The summed E-state index contributed by atoms with van der Waals surface area (Å²) >= 11 is 5.94. The van der Waals surface area contributed by atoms with Crippen LogP contribution < -0.4 is 0 Å². The van der Waals surface area contributed by atoms with Crippen molar-refractivity contribution in [3.05, 3.63) is 64.3 Å². The average molecular weight is 414 g/mol. The molecule has 1 N–H and O–H groups in total. The molecule has 6 heteroatoms. The average Bonchev–Trinajstić information content (AvgIpc) is 2.98. The van der Waals surface area contributed by atoms with Crippen molar-refractivity contribution in [1.82, 2.24) is 4.57 Å². The van der Waals surface area contributed by atoms with Crippen LogP contribution in [-0.4, -0.2) is 27.7 Å². The van der Waals surface area contributed by atoms with Crippen LogP contribution in [0.15, 0.2) is 42.5 Å². The largest absolute Gasteiger partial charge is 0.508 e. The smallest absolute Gasteiger partial charge is 0.313 e. The number of hydrogen-bond donors (Lipinski definition) is 1. The van der Waals surface area contributed by atoms with E-state index in [0.29, 0.717) is 32.7 Å². The zero-order valence-corrected chi connectivity index (χ0v) is 17.7. The number of phenols is 1. The second kappa shape index (κ2) is 8.29. The Hall–Kier alpha value is -2.79. The highest BCUT2D eigenvalue weighted by Gasteiger charge is 2.28. The molecule has 0 aliphatic heterocycles. The zero-order chi connectivity index (χ0) is 21.3. The SMILES string of the molecule is CCC(C)OC(=O)[C@H](C)c1c(C)n(C(=O)c2ccc(Cl)cc2)c2ccc(O)cc12. The van der Waals surface area contributed by atoms with Crippen LogP contribution in [-0.2, 0) is 9.53 Å². The number of benzene rings is 2. The van der Waals surface area contributed by atoms with Gasteiger partial charge in [0.05, 0.1) is 17.5 Å². The first-order valence-electron chi connectivity index (χ1n) is 9.59. The van der Waals surface area contributed by atoms with Gasteiger partial charge in [-0.15, -0.1) is 0 Å². The summed E-state index contributed by atoms with van der Waals surface area (Å²) in [7, 11) is 0. The molecule has 3 rings (SSSR count). The van der Waals surface area contributed by atoms with Crippen molar-refractivity contribution < 1.29 is 19.4 Å². The Morgan fingerprint density at radius 3 is 2.41 bits per heavy atom. The molecule has 0 aliphatic carbocycles. The zero-order valence-electron chi connectivity index (χ0n) is 16.9. The van der Waals surface area contributed by atoms with Gasteiger partial charge in [0.1, 0.15) is 5.75 Å². The third kappa shape index (κ3) is 4.01. The molecule has 0 fully saturated rings. The maximum absolute atomic E-state index is 13.2. The highest BCUT2D eigenvalue weighted by molar-refractivity contribution is 6.30. The van der Waals surface area contributed by atoms with Crippen LogP contribution in [0.1, 0.15) is 54.7 Å². The predicted molar refractivity (Wildman–Crippen MR) is 114 cm³/mol.